The van der Waals surface area contributed by atoms with Crippen LogP contribution in [0.3, 0.4) is 0 Å². The van der Waals surface area contributed by atoms with Crippen LogP contribution < -0.4 is 4.74 Å². The van der Waals surface area contributed by atoms with Gasteiger partial charge < -0.3 is 9.47 Å². The third-order valence-electron chi connectivity index (χ3n) is 3.10. The molecule has 1 aromatic carbocycles. The Morgan fingerprint density at radius 1 is 1.30 bits per heavy atom. The van der Waals surface area contributed by atoms with Crippen LogP contribution in [0.1, 0.15) is 32.3 Å². The molecule has 0 aromatic heterocycles. The highest BCUT2D eigenvalue weighted by Gasteiger charge is 2.32. The van der Waals surface area contributed by atoms with Gasteiger partial charge in [0.2, 0.25) is 0 Å². The number of hydrogen-bond acceptors (Lipinski definition) is 3. The molecule has 2 aliphatic heterocycles. The van der Waals surface area contributed by atoms with E-state index in [-0.39, 0.29) is 5.92 Å². The van der Waals surface area contributed by atoms with Crippen molar-refractivity contribution in [3.8, 4) is 5.75 Å². The van der Waals surface area contributed by atoms with Crippen molar-refractivity contribution >= 4 is 6.09 Å². The monoisotopic (exact) mass is 271 g/mol. The van der Waals surface area contributed by atoms with Crippen molar-refractivity contribution in [3.05, 3.63) is 54.1 Å². The molecule has 1 atom stereocenters. The van der Waals surface area contributed by atoms with Crippen molar-refractivity contribution in [2.45, 2.75) is 32.3 Å². The maximum atomic E-state index is 12.0. The molecular formula is C16H17NO3. The van der Waals surface area contributed by atoms with Crippen LogP contribution in [0.15, 0.2) is 48.5 Å². The van der Waals surface area contributed by atoms with Gasteiger partial charge in [-0.05, 0) is 26.8 Å². The molecule has 3 rings (SSSR count). The summed E-state index contributed by atoms with van der Waals surface area (Å²) in [4.78, 5) is 13.4. The Labute approximate surface area is 118 Å². The SMILES string of the molecule is CC(C)(C)OC(=O)N1C=CC2C(=C1)Oc1ccccc12. The third kappa shape index (κ3) is 2.29. The van der Waals surface area contributed by atoms with Crippen LogP contribution in [-0.2, 0) is 4.74 Å². The molecule has 0 fully saturated rings. The van der Waals surface area contributed by atoms with Crippen molar-refractivity contribution in [3.63, 3.8) is 0 Å². The fourth-order valence-corrected chi connectivity index (χ4v) is 2.27. The molecule has 1 aromatic rings. The van der Waals surface area contributed by atoms with Gasteiger partial charge in [-0.2, -0.15) is 0 Å². The molecule has 4 heteroatoms. The van der Waals surface area contributed by atoms with Gasteiger partial charge in [-0.25, -0.2) is 4.79 Å². The van der Waals surface area contributed by atoms with Gasteiger partial charge in [0.25, 0.3) is 0 Å². The predicted octanol–water partition coefficient (Wildman–Crippen LogP) is 3.77. The highest BCUT2D eigenvalue weighted by Crippen LogP contribution is 2.42. The van der Waals surface area contributed by atoms with E-state index in [9.17, 15) is 4.79 Å². The van der Waals surface area contributed by atoms with E-state index in [2.05, 4.69) is 0 Å². The van der Waals surface area contributed by atoms with Crippen LogP contribution in [0.4, 0.5) is 4.79 Å². The Hall–Kier alpha value is -2.23. The lowest BCUT2D eigenvalue weighted by atomic mass is 9.98. The molecule has 0 saturated heterocycles. The summed E-state index contributed by atoms with van der Waals surface area (Å²) in [5.41, 5.74) is 0.610. The summed E-state index contributed by atoms with van der Waals surface area (Å²) >= 11 is 0. The molecule has 1 unspecified atom stereocenters. The van der Waals surface area contributed by atoms with Gasteiger partial charge in [0.05, 0.1) is 12.1 Å². The van der Waals surface area contributed by atoms with Gasteiger partial charge in [0, 0.05) is 11.8 Å². The first-order chi connectivity index (χ1) is 9.44. The first-order valence-electron chi connectivity index (χ1n) is 6.62. The number of amides is 1. The van der Waals surface area contributed by atoms with Crippen LogP contribution in [0.2, 0.25) is 0 Å². The van der Waals surface area contributed by atoms with Gasteiger partial charge in [0.15, 0.2) is 0 Å². The lowest BCUT2D eigenvalue weighted by molar-refractivity contribution is 0.0392. The molecule has 2 aliphatic rings. The van der Waals surface area contributed by atoms with E-state index in [0.717, 1.165) is 17.1 Å². The van der Waals surface area contributed by atoms with Gasteiger partial charge in [0.1, 0.15) is 17.1 Å². The first kappa shape index (κ1) is 12.8. The highest BCUT2D eigenvalue weighted by atomic mass is 16.6. The predicted molar refractivity (Wildman–Crippen MR) is 75.1 cm³/mol. The number of para-hydroxylation sites is 1. The van der Waals surface area contributed by atoms with Gasteiger partial charge in [-0.1, -0.05) is 24.3 Å². The fourth-order valence-electron chi connectivity index (χ4n) is 2.27. The summed E-state index contributed by atoms with van der Waals surface area (Å²) in [6.45, 7) is 5.53. The zero-order valence-electron chi connectivity index (χ0n) is 11.8. The van der Waals surface area contributed by atoms with E-state index in [1.807, 2.05) is 51.1 Å². The van der Waals surface area contributed by atoms with Gasteiger partial charge in [-0.3, -0.25) is 4.90 Å². The normalized spacial score (nSPS) is 19.9. The van der Waals surface area contributed by atoms with E-state index in [1.165, 1.54) is 4.90 Å². The zero-order valence-corrected chi connectivity index (χ0v) is 11.8. The number of carbonyl (C=O) groups is 1. The summed E-state index contributed by atoms with van der Waals surface area (Å²) in [7, 11) is 0. The number of hydrogen-bond donors (Lipinski definition) is 0. The van der Waals surface area contributed by atoms with Gasteiger partial charge >= 0.3 is 6.09 Å². The molecule has 2 heterocycles. The molecule has 20 heavy (non-hydrogen) atoms. The minimum Gasteiger partial charge on any atom is -0.459 e. The van der Waals surface area contributed by atoms with Crippen LogP contribution in [0.5, 0.6) is 5.75 Å². The van der Waals surface area contributed by atoms with E-state index in [1.54, 1.807) is 12.4 Å². The molecule has 4 nitrogen and oxygen atoms in total. The largest absolute Gasteiger partial charge is 0.459 e. The number of allylic oxidation sites excluding steroid dienone is 1. The molecule has 0 spiro atoms. The lowest BCUT2D eigenvalue weighted by Crippen LogP contribution is -2.32. The number of carbonyl (C=O) groups excluding carboxylic acids is 1. The van der Waals surface area contributed by atoms with Crippen LogP contribution in [0, 0.1) is 0 Å². The number of fused-ring (bicyclic) bond motifs is 3. The maximum absolute atomic E-state index is 12.0. The highest BCUT2D eigenvalue weighted by molar-refractivity contribution is 5.71. The van der Waals surface area contributed by atoms with E-state index < -0.39 is 11.7 Å². The van der Waals surface area contributed by atoms with Crippen molar-refractivity contribution in [1.29, 1.82) is 0 Å². The number of ether oxygens (including phenoxy) is 2. The van der Waals surface area contributed by atoms with E-state index >= 15 is 0 Å². The summed E-state index contributed by atoms with van der Waals surface area (Å²) in [5.74, 6) is 1.68. The van der Waals surface area contributed by atoms with Crippen molar-refractivity contribution < 1.29 is 14.3 Å². The molecule has 0 aliphatic carbocycles. The lowest BCUT2D eigenvalue weighted by Gasteiger charge is -2.25. The molecule has 104 valence electrons. The summed E-state index contributed by atoms with van der Waals surface area (Å²) in [6.07, 6.45) is 4.97. The summed E-state index contributed by atoms with van der Waals surface area (Å²) in [6, 6.07) is 7.89. The standard InChI is InChI=1S/C16H17NO3/c1-16(2,3)20-15(18)17-9-8-12-11-6-4-5-7-13(11)19-14(12)10-17/h4-10,12H,1-3H3. The fraction of sp³-hybridized carbons (Fsp3) is 0.312. The Morgan fingerprint density at radius 3 is 2.80 bits per heavy atom. The Kier molecular flexibility index (Phi) is 2.82. The van der Waals surface area contributed by atoms with E-state index in [0.29, 0.717) is 0 Å². The van der Waals surface area contributed by atoms with Crippen LogP contribution >= 0.6 is 0 Å². The van der Waals surface area contributed by atoms with Gasteiger partial charge in [-0.15, -0.1) is 0 Å². The number of rotatable bonds is 0. The minimum absolute atomic E-state index is 0.0879. The molecule has 0 saturated carbocycles. The summed E-state index contributed by atoms with van der Waals surface area (Å²) < 4.78 is 11.1. The maximum Gasteiger partial charge on any atom is 0.418 e. The first-order valence-corrected chi connectivity index (χ1v) is 6.62. The Bertz CT molecular complexity index is 610. The third-order valence-corrected chi connectivity index (χ3v) is 3.10. The van der Waals surface area contributed by atoms with Crippen LogP contribution in [-0.4, -0.2) is 16.6 Å². The second-order valence-electron chi connectivity index (χ2n) is 5.88. The molecule has 1 amide bonds. The molecular weight excluding hydrogens is 254 g/mol. The average molecular weight is 271 g/mol. The average Bonchev–Trinajstić information content (AvgIpc) is 2.74. The van der Waals surface area contributed by atoms with Crippen LogP contribution in [0.25, 0.3) is 0 Å². The molecule has 0 radical (unpaired) electrons. The molecule has 0 N–H and O–H groups in total. The number of benzene rings is 1. The quantitative estimate of drug-likeness (QED) is 0.721. The smallest absolute Gasteiger partial charge is 0.418 e. The Morgan fingerprint density at radius 2 is 2.05 bits per heavy atom. The molecule has 0 bridgehead atoms. The minimum atomic E-state index is -0.514. The van der Waals surface area contributed by atoms with E-state index in [4.69, 9.17) is 9.47 Å². The second kappa shape index (κ2) is 4.40. The van der Waals surface area contributed by atoms with Crippen molar-refractivity contribution in [2.24, 2.45) is 0 Å². The number of nitrogens with zero attached hydrogens (tertiary/aromatic N) is 1. The van der Waals surface area contributed by atoms with Crippen molar-refractivity contribution in [1.82, 2.24) is 4.90 Å². The summed E-state index contributed by atoms with van der Waals surface area (Å²) in [5, 5.41) is 0. The second-order valence-corrected chi connectivity index (χ2v) is 5.88. The Balaban J connectivity index is 1.81. The van der Waals surface area contributed by atoms with Crippen molar-refractivity contribution in [2.75, 3.05) is 0 Å². The zero-order chi connectivity index (χ0) is 14.3. The topological polar surface area (TPSA) is 38.8 Å².